The van der Waals surface area contributed by atoms with Crippen molar-refractivity contribution in [1.29, 1.82) is 0 Å². The molecule has 5 heteroatoms. The molecule has 0 spiro atoms. The molecule has 1 atom stereocenters. The summed E-state index contributed by atoms with van der Waals surface area (Å²) in [6.45, 7) is 1.40. The second-order valence-corrected chi connectivity index (χ2v) is 4.47. The van der Waals surface area contributed by atoms with Gasteiger partial charge in [-0.05, 0) is 19.8 Å². The van der Waals surface area contributed by atoms with Crippen LogP contribution in [0.5, 0.6) is 0 Å². The molecule has 0 saturated heterocycles. The molecule has 1 aliphatic carbocycles. The van der Waals surface area contributed by atoms with Gasteiger partial charge in [-0.15, -0.1) is 0 Å². The fraction of sp³-hybridized carbons (Fsp3) is 0.818. The van der Waals surface area contributed by atoms with Gasteiger partial charge < -0.3 is 4.79 Å². The molecule has 1 saturated carbocycles. The Hall–Kier alpha value is -1.26. The third kappa shape index (κ3) is 2.65. The van der Waals surface area contributed by atoms with Crippen LogP contribution in [0.15, 0.2) is 0 Å². The molecule has 0 aromatic rings. The predicted octanol–water partition coefficient (Wildman–Crippen LogP) is 1.90. The van der Waals surface area contributed by atoms with Gasteiger partial charge in [-0.25, -0.2) is 0 Å². The predicted molar refractivity (Wildman–Crippen MR) is 57.7 cm³/mol. The van der Waals surface area contributed by atoms with Crippen molar-refractivity contribution in [2.45, 2.75) is 57.4 Å². The number of nitro groups is 1. The quantitative estimate of drug-likeness (QED) is 0.417. The third-order valence-electron chi connectivity index (χ3n) is 3.25. The number of nitrogens with zero attached hydrogens (tertiary/aromatic N) is 1. The van der Waals surface area contributed by atoms with E-state index < -0.39 is 10.5 Å². The zero-order valence-electron chi connectivity index (χ0n) is 9.53. The highest BCUT2D eigenvalue weighted by atomic mass is 16.6. The Morgan fingerprint density at radius 3 is 2.69 bits per heavy atom. The molecular weight excluding hydrogens is 210 g/mol. The first-order valence-corrected chi connectivity index (χ1v) is 5.66. The fourth-order valence-corrected chi connectivity index (χ4v) is 2.18. The monoisotopic (exact) mass is 227 g/mol. The molecule has 90 valence electrons. The highest BCUT2D eigenvalue weighted by Gasteiger charge is 2.49. The van der Waals surface area contributed by atoms with Crippen LogP contribution in [-0.4, -0.2) is 22.0 Å². The summed E-state index contributed by atoms with van der Waals surface area (Å²) in [5, 5.41) is 11.1. The summed E-state index contributed by atoms with van der Waals surface area (Å²) in [5.41, 5.74) is -1.48. The molecule has 0 N–H and O–H groups in total. The van der Waals surface area contributed by atoms with Crippen molar-refractivity contribution >= 4 is 11.6 Å². The van der Waals surface area contributed by atoms with Crippen molar-refractivity contribution in [3.05, 3.63) is 10.1 Å². The molecule has 1 fully saturated rings. The van der Waals surface area contributed by atoms with Crippen LogP contribution in [0.4, 0.5) is 0 Å². The second kappa shape index (κ2) is 5.18. The van der Waals surface area contributed by atoms with Gasteiger partial charge >= 0.3 is 0 Å². The molecule has 0 amide bonds. The van der Waals surface area contributed by atoms with Gasteiger partial charge in [0.1, 0.15) is 5.78 Å². The first-order chi connectivity index (χ1) is 7.49. The molecule has 1 unspecified atom stereocenters. The lowest BCUT2D eigenvalue weighted by atomic mass is 9.84. The van der Waals surface area contributed by atoms with Crippen molar-refractivity contribution in [3.8, 4) is 0 Å². The van der Waals surface area contributed by atoms with Crippen LogP contribution in [0.2, 0.25) is 0 Å². The van der Waals surface area contributed by atoms with Gasteiger partial charge in [0.25, 0.3) is 5.54 Å². The summed E-state index contributed by atoms with van der Waals surface area (Å²) in [6, 6.07) is 0. The molecule has 1 rings (SSSR count). The Morgan fingerprint density at radius 1 is 1.44 bits per heavy atom. The van der Waals surface area contributed by atoms with E-state index >= 15 is 0 Å². The highest BCUT2D eigenvalue weighted by molar-refractivity contribution is 5.88. The number of hydrogen-bond acceptors (Lipinski definition) is 4. The van der Waals surface area contributed by atoms with Gasteiger partial charge in [0.2, 0.25) is 5.78 Å². The van der Waals surface area contributed by atoms with Crippen LogP contribution < -0.4 is 0 Å². The maximum Gasteiger partial charge on any atom is 0.279 e. The summed E-state index contributed by atoms with van der Waals surface area (Å²) >= 11 is 0. The first kappa shape index (κ1) is 12.8. The molecule has 1 aliphatic rings. The largest absolute Gasteiger partial charge is 0.300 e. The molecule has 0 aromatic carbocycles. The Kier molecular flexibility index (Phi) is 4.15. The molecule has 0 bridgehead atoms. The lowest BCUT2D eigenvalue weighted by molar-refractivity contribution is -0.554. The maximum atomic E-state index is 11.8. The van der Waals surface area contributed by atoms with E-state index in [-0.39, 0.29) is 37.2 Å². The first-order valence-electron chi connectivity index (χ1n) is 5.66. The number of rotatable bonds is 4. The number of carbonyl (C=O) groups is 2. The third-order valence-corrected chi connectivity index (χ3v) is 3.25. The molecule has 16 heavy (non-hydrogen) atoms. The topological polar surface area (TPSA) is 77.3 Å². The lowest BCUT2D eigenvalue weighted by Crippen LogP contribution is -2.46. The van der Waals surface area contributed by atoms with E-state index in [0.717, 1.165) is 12.8 Å². The van der Waals surface area contributed by atoms with Crippen molar-refractivity contribution < 1.29 is 14.5 Å². The van der Waals surface area contributed by atoms with E-state index in [1.165, 1.54) is 6.92 Å². The lowest BCUT2D eigenvalue weighted by Gasteiger charge is -2.21. The highest BCUT2D eigenvalue weighted by Crippen LogP contribution is 2.31. The smallest absolute Gasteiger partial charge is 0.279 e. The van der Waals surface area contributed by atoms with Gasteiger partial charge in [-0.3, -0.25) is 14.9 Å². The van der Waals surface area contributed by atoms with Gasteiger partial charge in [0, 0.05) is 30.6 Å². The molecule has 0 heterocycles. The average Bonchev–Trinajstić information content (AvgIpc) is 2.38. The maximum absolute atomic E-state index is 11.8. The molecule has 0 aliphatic heterocycles. The Bertz CT molecular complexity index is 313. The Balaban J connectivity index is 2.87. The van der Waals surface area contributed by atoms with Crippen LogP contribution in [-0.2, 0) is 9.59 Å². The summed E-state index contributed by atoms with van der Waals surface area (Å²) in [7, 11) is 0. The number of carbonyl (C=O) groups excluding carboxylic acids is 2. The summed E-state index contributed by atoms with van der Waals surface area (Å²) in [4.78, 5) is 33.4. The minimum Gasteiger partial charge on any atom is -0.300 e. The van der Waals surface area contributed by atoms with E-state index in [0.29, 0.717) is 6.42 Å². The van der Waals surface area contributed by atoms with Crippen molar-refractivity contribution in [2.75, 3.05) is 0 Å². The normalized spacial score (nSPS) is 26.2. The van der Waals surface area contributed by atoms with Gasteiger partial charge in [-0.1, -0.05) is 6.42 Å². The summed E-state index contributed by atoms with van der Waals surface area (Å²) in [5.74, 6) is -0.394. The van der Waals surface area contributed by atoms with Crippen LogP contribution in [0.3, 0.4) is 0 Å². The molecule has 5 nitrogen and oxygen atoms in total. The summed E-state index contributed by atoms with van der Waals surface area (Å²) < 4.78 is 0. The van der Waals surface area contributed by atoms with Crippen molar-refractivity contribution in [3.63, 3.8) is 0 Å². The van der Waals surface area contributed by atoms with E-state index in [1.807, 2.05) is 0 Å². The second-order valence-electron chi connectivity index (χ2n) is 4.47. The zero-order chi connectivity index (χ0) is 12.2. The molecule has 0 radical (unpaired) electrons. The number of Topliss-reactive ketones (excluding diaryl/α,β-unsaturated/α-hetero) is 2. The van der Waals surface area contributed by atoms with Gasteiger partial charge in [0.15, 0.2) is 0 Å². The van der Waals surface area contributed by atoms with Crippen LogP contribution in [0.25, 0.3) is 0 Å². The van der Waals surface area contributed by atoms with Gasteiger partial charge in [-0.2, -0.15) is 0 Å². The Morgan fingerprint density at radius 2 is 2.12 bits per heavy atom. The number of hydrogen-bond donors (Lipinski definition) is 0. The average molecular weight is 227 g/mol. The van der Waals surface area contributed by atoms with Crippen LogP contribution in [0, 0.1) is 10.1 Å². The summed E-state index contributed by atoms with van der Waals surface area (Å²) in [6.07, 6.45) is 3.03. The minimum absolute atomic E-state index is 0.0637. The number of ketones is 2. The van der Waals surface area contributed by atoms with Crippen molar-refractivity contribution in [2.24, 2.45) is 0 Å². The van der Waals surface area contributed by atoms with Crippen LogP contribution in [0.1, 0.15) is 51.9 Å². The standard InChI is InChI=1S/C11H17NO4/c1-9(13)6-8-11(12(15)16)7-4-2-3-5-10(11)14/h2-8H2,1H3. The van der Waals surface area contributed by atoms with E-state index in [1.54, 1.807) is 0 Å². The minimum atomic E-state index is -1.48. The van der Waals surface area contributed by atoms with E-state index in [2.05, 4.69) is 0 Å². The Labute approximate surface area is 94.4 Å². The van der Waals surface area contributed by atoms with E-state index in [9.17, 15) is 19.7 Å². The fourth-order valence-electron chi connectivity index (χ4n) is 2.18. The van der Waals surface area contributed by atoms with Crippen molar-refractivity contribution in [1.82, 2.24) is 0 Å². The van der Waals surface area contributed by atoms with Crippen LogP contribution >= 0.6 is 0 Å². The zero-order valence-corrected chi connectivity index (χ0v) is 9.53. The molecular formula is C11H17NO4. The SMILES string of the molecule is CC(=O)CCC1([N+](=O)[O-])CCCCCC1=O. The van der Waals surface area contributed by atoms with Gasteiger partial charge in [0.05, 0.1) is 0 Å². The molecule has 0 aromatic heterocycles. The van der Waals surface area contributed by atoms with E-state index in [4.69, 9.17) is 0 Å².